The second-order valence-corrected chi connectivity index (χ2v) is 8.50. The molecule has 1 aliphatic rings. The quantitative estimate of drug-likeness (QED) is 0.570. The first-order valence-corrected chi connectivity index (χ1v) is 11.0. The molecule has 0 spiro atoms. The first kappa shape index (κ1) is 22.9. The van der Waals surface area contributed by atoms with Crippen LogP contribution in [-0.2, 0) is 14.8 Å². The molecular formula is C21H26N2O7S. The molecule has 1 aliphatic heterocycles. The van der Waals surface area contributed by atoms with Gasteiger partial charge in [0.15, 0.2) is 11.5 Å². The predicted molar refractivity (Wildman–Crippen MR) is 116 cm³/mol. The molecule has 0 radical (unpaired) electrons. The van der Waals surface area contributed by atoms with Gasteiger partial charge in [-0.1, -0.05) is 0 Å². The number of rotatable bonds is 8. The standard InChI is InChI=1S/C21H26N2O7S/c1-26-18-13-16(31(24,25)23-7-9-30-10-8-23)5-6-17(18)22-14-15-11-19(27-2)21(29-4)20(12-15)28-3/h5-6,11-14H,7-10H2,1-4H3. The first-order valence-electron chi connectivity index (χ1n) is 9.54. The summed E-state index contributed by atoms with van der Waals surface area (Å²) in [5, 5.41) is 0. The fourth-order valence-electron chi connectivity index (χ4n) is 3.18. The minimum Gasteiger partial charge on any atom is -0.494 e. The van der Waals surface area contributed by atoms with Gasteiger partial charge in [0, 0.05) is 30.9 Å². The number of aliphatic imine (C=N–C) groups is 1. The number of sulfonamides is 1. The van der Waals surface area contributed by atoms with Crippen molar-refractivity contribution in [3.63, 3.8) is 0 Å². The van der Waals surface area contributed by atoms with Crippen LogP contribution in [0.25, 0.3) is 0 Å². The topological polar surface area (TPSA) is 95.9 Å². The van der Waals surface area contributed by atoms with Crippen molar-refractivity contribution >= 4 is 21.9 Å². The highest BCUT2D eigenvalue weighted by Gasteiger charge is 2.27. The summed E-state index contributed by atoms with van der Waals surface area (Å²) in [5.74, 6) is 1.83. The van der Waals surface area contributed by atoms with Gasteiger partial charge in [-0.15, -0.1) is 0 Å². The highest BCUT2D eigenvalue weighted by molar-refractivity contribution is 7.89. The Kier molecular flexibility index (Phi) is 7.37. The van der Waals surface area contributed by atoms with Crippen molar-refractivity contribution in [2.45, 2.75) is 4.90 Å². The summed E-state index contributed by atoms with van der Waals surface area (Å²) in [6, 6.07) is 8.13. The second kappa shape index (κ2) is 9.99. The van der Waals surface area contributed by atoms with Gasteiger partial charge in [0.1, 0.15) is 11.4 Å². The maximum absolute atomic E-state index is 12.9. The van der Waals surface area contributed by atoms with E-state index in [1.807, 2.05) is 0 Å². The molecule has 3 rings (SSSR count). The minimum absolute atomic E-state index is 0.151. The molecule has 0 saturated carbocycles. The molecular weight excluding hydrogens is 424 g/mol. The number of hydrogen-bond acceptors (Lipinski definition) is 8. The van der Waals surface area contributed by atoms with E-state index in [1.54, 1.807) is 24.4 Å². The summed E-state index contributed by atoms with van der Waals surface area (Å²) in [7, 11) is 2.45. The van der Waals surface area contributed by atoms with Gasteiger partial charge < -0.3 is 23.7 Å². The molecule has 0 aliphatic carbocycles. The number of methoxy groups -OCH3 is 4. The summed E-state index contributed by atoms with van der Waals surface area (Å²) in [4.78, 5) is 4.61. The SMILES string of the molecule is COc1cc(S(=O)(=O)N2CCOCC2)ccc1N=Cc1cc(OC)c(OC)c(OC)c1. The van der Waals surface area contributed by atoms with Crippen molar-refractivity contribution in [2.24, 2.45) is 4.99 Å². The van der Waals surface area contributed by atoms with Crippen LogP contribution in [0.15, 0.2) is 40.2 Å². The van der Waals surface area contributed by atoms with E-state index >= 15 is 0 Å². The Labute approximate surface area is 182 Å². The number of ether oxygens (including phenoxy) is 5. The third kappa shape index (κ3) is 4.92. The summed E-state index contributed by atoms with van der Waals surface area (Å²) >= 11 is 0. The number of benzene rings is 2. The Morgan fingerprint density at radius 1 is 0.903 bits per heavy atom. The molecule has 2 aromatic carbocycles. The molecule has 0 aromatic heterocycles. The van der Waals surface area contributed by atoms with E-state index in [0.29, 0.717) is 60.6 Å². The van der Waals surface area contributed by atoms with E-state index in [1.165, 1.54) is 44.9 Å². The molecule has 10 heteroatoms. The van der Waals surface area contributed by atoms with Gasteiger partial charge in [0.05, 0.1) is 46.5 Å². The van der Waals surface area contributed by atoms with E-state index in [9.17, 15) is 8.42 Å². The van der Waals surface area contributed by atoms with E-state index in [0.717, 1.165) is 0 Å². The average molecular weight is 451 g/mol. The van der Waals surface area contributed by atoms with E-state index in [4.69, 9.17) is 23.7 Å². The highest BCUT2D eigenvalue weighted by Crippen LogP contribution is 2.38. The van der Waals surface area contributed by atoms with Crippen LogP contribution < -0.4 is 18.9 Å². The zero-order valence-electron chi connectivity index (χ0n) is 18.0. The highest BCUT2D eigenvalue weighted by atomic mass is 32.2. The summed E-state index contributed by atoms with van der Waals surface area (Å²) in [6.45, 7) is 1.42. The Morgan fingerprint density at radius 2 is 1.52 bits per heavy atom. The van der Waals surface area contributed by atoms with Crippen molar-refractivity contribution < 1.29 is 32.1 Å². The van der Waals surface area contributed by atoms with Crippen LogP contribution in [0.1, 0.15) is 5.56 Å². The average Bonchev–Trinajstić information content (AvgIpc) is 2.82. The van der Waals surface area contributed by atoms with Crippen LogP contribution in [0.3, 0.4) is 0 Å². The third-order valence-electron chi connectivity index (χ3n) is 4.80. The van der Waals surface area contributed by atoms with Gasteiger partial charge in [0.2, 0.25) is 15.8 Å². The van der Waals surface area contributed by atoms with Gasteiger partial charge in [-0.05, 0) is 24.3 Å². The molecule has 0 N–H and O–H groups in total. The van der Waals surface area contributed by atoms with Gasteiger partial charge >= 0.3 is 0 Å². The molecule has 0 amide bonds. The fourth-order valence-corrected chi connectivity index (χ4v) is 4.60. The van der Waals surface area contributed by atoms with Gasteiger partial charge in [-0.2, -0.15) is 4.31 Å². The minimum atomic E-state index is -3.63. The largest absolute Gasteiger partial charge is 0.494 e. The van der Waals surface area contributed by atoms with Gasteiger partial charge in [-0.25, -0.2) is 8.42 Å². The third-order valence-corrected chi connectivity index (χ3v) is 6.69. The fraction of sp³-hybridized carbons (Fsp3) is 0.381. The molecule has 168 valence electrons. The second-order valence-electron chi connectivity index (χ2n) is 6.57. The first-order chi connectivity index (χ1) is 14.9. The van der Waals surface area contributed by atoms with E-state index in [-0.39, 0.29) is 4.90 Å². The Morgan fingerprint density at radius 3 is 2.06 bits per heavy atom. The van der Waals surface area contributed by atoms with Crippen LogP contribution in [-0.4, -0.2) is 73.7 Å². The van der Waals surface area contributed by atoms with E-state index < -0.39 is 10.0 Å². The molecule has 1 fully saturated rings. The Hall–Kier alpha value is -2.82. The van der Waals surface area contributed by atoms with Crippen LogP contribution in [0.5, 0.6) is 23.0 Å². The zero-order valence-corrected chi connectivity index (χ0v) is 18.8. The van der Waals surface area contributed by atoms with Crippen molar-refractivity contribution in [1.82, 2.24) is 4.31 Å². The van der Waals surface area contributed by atoms with Crippen LogP contribution in [0, 0.1) is 0 Å². The van der Waals surface area contributed by atoms with Crippen LogP contribution in [0.4, 0.5) is 5.69 Å². The van der Waals surface area contributed by atoms with Crippen molar-refractivity contribution in [1.29, 1.82) is 0 Å². The van der Waals surface area contributed by atoms with Gasteiger partial charge in [0.25, 0.3) is 0 Å². The van der Waals surface area contributed by atoms with Crippen molar-refractivity contribution in [3.8, 4) is 23.0 Å². The monoisotopic (exact) mass is 450 g/mol. The molecule has 0 bridgehead atoms. The maximum Gasteiger partial charge on any atom is 0.243 e. The molecule has 2 aromatic rings. The Bertz CT molecular complexity index is 1020. The summed E-state index contributed by atoms with van der Waals surface area (Å²) in [5.41, 5.74) is 1.19. The zero-order chi connectivity index (χ0) is 22.4. The molecule has 31 heavy (non-hydrogen) atoms. The molecule has 0 atom stereocenters. The molecule has 9 nitrogen and oxygen atoms in total. The predicted octanol–water partition coefficient (Wildman–Crippen LogP) is 2.49. The number of morpholine rings is 1. The van der Waals surface area contributed by atoms with Crippen LogP contribution >= 0.6 is 0 Å². The number of hydrogen-bond donors (Lipinski definition) is 0. The lowest BCUT2D eigenvalue weighted by Crippen LogP contribution is -2.40. The van der Waals surface area contributed by atoms with Gasteiger partial charge in [-0.3, -0.25) is 4.99 Å². The summed E-state index contributed by atoms with van der Waals surface area (Å²) in [6.07, 6.45) is 1.61. The Balaban J connectivity index is 1.91. The normalized spacial score (nSPS) is 15.1. The lowest BCUT2D eigenvalue weighted by Gasteiger charge is -2.26. The lowest BCUT2D eigenvalue weighted by atomic mass is 10.2. The van der Waals surface area contributed by atoms with Crippen molar-refractivity contribution in [3.05, 3.63) is 35.9 Å². The van der Waals surface area contributed by atoms with E-state index in [2.05, 4.69) is 4.99 Å². The lowest BCUT2D eigenvalue weighted by molar-refractivity contribution is 0.0730. The van der Waals surface area contributed by atoms with Crippen molar-refractivity contribution in [2.75, 3.05) is 54.7 Å². The summed E-state index contributed by atoms with van der Waals surface area (Å²) < 4.78 is 53.8. The molecule has 1 saturated heterocycles. The number of nitrogens with zero attached hydrogens (tertiary/aromatic N) is 2. The smallest absolute Gasteiger partial charge is 0.243 e. The maximum atomic E-state index is 12.9. The molecule has 1 heterocycles. The van der Waals surface area contributed by atoms with Crippen LogP contribution in [0.2, 0.25) is 0 Å². The molecule has 0 unspecified atom stereocenters.